The molecule has 7 nitrogen and oxygen atoms in total. The summed E-state index contributed by atoms with van der Waals surface area (Å²) < 4.78 is 11.6. The van der Waals surface area contributed by atoms with E-state index in [4.69, 9.17) is 8.83 Å². The fourth-order valence-electron chi connectivity index (χ4n) is 3.78. The minimum Gasteiger partial charge on any atom is -0.459 e. The van der Waals surface area contributed by atoms with Gasteiger partial charge in [0.05, 0.1) is 15.9 Å². The fourth-order valence-corrected chi connectivity index (χ4v) is 3.78. The second kappa shape index (κ2) is 7.63. The number of nitro benzene ring substituents is 1. The SMILES string of the molecule is O=C(c1ccc([N+](=O)[O-])cc1)c1c(Cc2ccccc2)oc2c1c(=O)oc1ccccc12. The van der Waals surface area contributed by atoms with Gasteiger partial charge in [0.2, 0.25) is 0 Å². The van der Waals surface area contributed by atoms with Gasteiger partial charge in [-0.15, -0.1) is 0 Å². The molecule has 156 valence electrons. The zero-order chi connectivity index (χ0) is 22.2. The molecule has 0 saturated heterocycles. The Bertz CT molecular complexity index is 1550. The van der Waals surface area contributed by atoms with Crippen molar-refractivity contribution >= 4 is 33.4 Å². The van der Waals surface area contributed by atoms with Gasteiger partial charge in [-0.25, -0.2) is 4.79 Å². The van der Waals surface area contributed by atoms with E-state index >= 15 is 0 Å². The first-order chi connectivity index (χ1) is 15.5. The topological polar surface area (TPSA) is 104 Å². The molecule has 0 bridgehead atoms. The first-order valence-corrected chi connectivity index (χ1v) is 9.83. The number of carbonyl (C=O) groups is 1. The molecule has 0 spiro atoms. The molecule has 2 aromatic heterocycles. The van der Waals surface area contributed by atoms with Gasteiger partial charge in [-0.3, -0.25) is 14.9 Å². The number of hydrogen-bond donors (Lipinski definition) is 0. The number of carbonyl (C=O) groups excluding carboxylic acids is 1. The summed E-state index contributed by atoms with van der Waals surface area (Å²) in [6, 6.07) is 21.6. The summed E-state index contributed by atoms with van der Waals surface area (Å²) in [5.41, 5.74) is 1.06. The van der Waals surface area contributed by atoms with Gasteiger partial charge in [-0.2, -0.15) is 0 Å². The summed E-state index contributed by atoms with van der Waals surface area (Å²) >= 11 is 0. The zero-order valence-electron chi connectivity index (χ0n) is 16.6. The van der Waals surface area contributed by atoms with Crippen molar-refractivity contribution in [3.8, 4) is 0 Å². The number of furan rings is 1. The number of ketones is 1. The molecule has 0 aliphatic heterocycles. The molecule has 0 amide bonds. The maximum Gasteiger partial charge on any atom is 0.348 e. The van der Waals surface area contributed by atoms with Crippen LogP contribution in [0.1, 0.15) is 27.2 Å². The van der Waals surface area contributed by atoms with Crippen molar-refractivity contribution in [1.29, 1.82) is 0 Å². The lowest BCUT2D eigenvalue weighted by Gasteiger charge is -2.03. The predicted molar refractivity (Wildman–Crippen MR) is 118 cm³/mol. The summed E-state index contributed by atoms with van der Waals surface area (Å²) in [5.74, 6) is -0.134. The lowest BCUT2D eigenvalue weighted by molar-refractivity contribution is -0.384. The van der Waals surface area contributed by atoms with Crippen molar-refractivity contribution in [2.24, 2.45) is 0 Å². The molecule has 0 aliphatic rings. The van der Waals surface area contributed by atoms with E-state index in [0.29, 0.717) is 16.7 Å². The third-order valence-electron chi connectivity index (χ3n) is 5.29. The lowest BCUT2D eigenvalue weighted by Crippen LogP contribution is -2.09. The molecule has 0 fully saturated rings. The van der Waals surface area contributed by atoms with Gasteiger partial charge >= 0.3 is 5.63 Å². The van der Waals surface area contributed by atoms with Crippen molar-refractivity contribution < 1.29 is 18.6 Å². The quantitative estimate of drug-likeness (QED) is 0.164. The average molecular weight is 425 g/mol. The van der Waals surface area contributed by atoms with E-state index in [1.807, 2.05) is 30.3 Å². The number of para-hydroxylation sites is 1. The second-order valence-corrected chi connectivity index (χ2v) is 7.29. The van der Waals surface area contributed by atoms with E-state index < -0.39 is 16.3 Å². The van der Waals surface area contributed by atoms with Gasteiger partial charge in [-0.1, -0.05) is 42.5 Å². The monoisotopic (exact) mass is 425 g/mol. The Labute approximate surface area is 180 Å². The third kappa shape index (κ3) is 3.26. The van der Waals surface area contributed by atoms with Crippen LogP contribution in [0.15, 0.2) is 92.5 Å². The summed E-state index contributed by atoms with van der Waals surface area (Å²) in [6.45, 7) is 0. The summed E-state index contributed by atoms with van der Waals surface area (Å²) in [5, 5.41) is 11.6. The van der Waals surface area contributed by atoms with Crippen molar-refractivity contribution in [2.45, 2.75) is 6.42 Å². The number of nitro groups is 1. The Hall–Kier alpha value is -4.52. The zero-order valence-corrected chi connectivity index (χ0v) is 16.6. The van der Waals surface area contributed by atoms with Crippen molar-refractivity contribution in [3.63, 3.8) is 0 Å². The number of non-ortho nitro benzene ring substituents is 1. The molecule has 0 atom stereocenters. The molecule has 7 heteroatoms. The van der Waals surface area contributed by atoms with Crippen LogP contribution in [-0.4, -0.2) is 10.7 Å². The molecule has 0 saturated carbocycles. The molecule has 0 radical (unpaired) electrons. The Morgan fingerprint density at radius 2 is 1.56 bits per heavy atom. The van der Waals surface area contributed by atoms with Gasteiger partial charge in [0.1, 0.15) is 16.7 Å². The standard InChI is InChI=1S/C25H15NO6/c27-23(16-10-12-17(13-11-16)26(29)30)21-20(14-15-6-2-1-3-7-15)31-24-18-8-4-5-9-19(18)32-25(28)22(21)24/h1-13H,14H2. The fraction of sp³-hybridized carbons (Fsp3) is 0.0400. The summed E-state index contributed by atoms with van der Waals surface area (Å²) in [7, 11) is 0. The van der Waals surface area contributed by atoms with Crippen LogP contribution in [0.25, 0.3) is 21.9 Å². The molecule has 2 heterocycles. The molecule has 0 N–H and O–H groups in total. The van der Waals surface area contributed by atoms with Crippen LogP contribution in [0, 0.1) is 10.1 Å². The molecule has 5 rings (SSSR count). The number of nitrogens with zero attached hydrogens (tertiary/aromatic N) is 1. The van der Waals surface area contributed by atoms with Crippen LogP contribution in [0.2, 0.25) is 0 Å². The van der Waals surface area contributed by atoms with E-state index in [1.165, 1.54) is 24.3 Å². The first-order valence-electron chi connectivity index (χ1n) is 9.83. The smallest absolute Gasteiger partial charge is 0.348 e. The minimum absolute atomic E-state index is 0.0676. The summed E-state index contributed by atoms with van der Waals surface area (Å²) in [6.07, 6.45) is 0.289. The highest BCUT2D eigenvalue weighted by Crippen LogP contribution is 2.32. The van der Waals surface area contributed by atoms with Crippen molar-refractivity contribution in [2.75, 3.05) is 0 Å². The molecule has 0 aliphatic carbocycles. The highest BCUT2D eigenvalue weighted by Gasteiger charge is 2.27. The van der Waals surface area contributed by atoms with Crippen LogP contribution >= 0.6 is 0 Å². The maximum atomic E-state index is 13.5. The Balaban J connectivity index is 1.75. The van der Waals surface area contributed by atoms with E-state index in [-0.39, 0.29) is 34.2 Å². The van der Waals surface area contributed by atoms with Gasteiger partial charge in [-0.05, 0) is 29.8 Å². The van der Waals surface area contributed by atoms with Gasteiger partial charge in [0.15, 0.2) is 11.4 Å². The Kier molecular flexibility index (Phi) is 4.63. The van der Waals surface area contributed by atoms with Crippen LogP contribution in [0.4, 0.5) is 5.69 Å². The van der Waals surface area contributed by atoms with E-state index in [2.05, 4.69) is 0 Å². The molecule has 0 unspecified atom stereocenters. The van der Waals surface area contributed by atoms with Crippen molar-refractivity contribution in [1.82, 2.24) is 0 Å². The largest absolute Gasteiger partial charge is 0.459 e. The molecule has 3 aromatic carbocycles. The third-order valence-corrected chi connectivity index (χ3v) is 5.29. The maximum absolute atomic E-state index is 13.5. The van der Waals surface area contributed by atoms with Crippen LogP contribution in [0.3, 0.4) is 0 Å². The highest BCUT2D eigenvalue weighted by molar-refractivity contribution is 6.19. The van der Waals surface area contributed by atoms with E-state index in [1.54, 1.807) is 24.3 Å². The highest BCUT2D eigenvalue weighted by atomic mass is 16.6. The molecule has 5 aromatic rings. The van der Waals surface area contributed by atoms with Gasteiger partial charge < -0.3 is 8.83 Å². The average Bonchev–Trinajstić information content (AvgIpc) is 3.19. The van der Waals surface area contributed by atoms with Gasteiger partial charge in [0.25, 0.3) is 5.69 Å². The first kappa shape index (κ1) is 19.4. The van der Waals surface area contributed by atoms with Crippen molar-refractivity contribution in [3.05, 3.63) is 122 Å². The minimum atomic E-state index is -0.674. The van der Waals surface area contributed by atoms with Crippen LogP contribution in [0.5, 0.6) is 0 Å². The molecular weight excluding hydrogens is 410 g/mol. The number of benzene rings is 3. The van der Waals surface area contributed by atoms with Gasteiger partial charge in [0, 0.05) is 24.1 Å². The number of fused-ring (bicyclic) bond motifs is 3. The number of rotatable bonds is 5. The number of hydrogen-bond acceptors (Lipinski definition) is 6. The molecule has 32 heavy (non-hydrogen) atoms. The van der Waals surface area contributed by atoms with E-state index in [9.17, 15) is 19.7 Å². The Morgan fingerprint density at radius 3 is 2.28 bits per heavy atom. The predicted octanol–water partition coefficient (Wildman–Crippen LogP) is 5.27. The Morgan fingerprint density at radius 1 is 0.875 bits per heavy atom. The summed E-state index contributed by atoms with van der Waals surface area (Å²) in [4.78, 5) is 36.8. The molecular formula is C25H15NO6. The van der Waals surface area contributed by atoms with Crippen LogP contribution in [-0.2, 0) is 6.42 Å². The van der Waals surface area contributed by atoms with E-state index in [0.717, 1.165) is 5.56 Å². The normalized spacial score (nSPS) is 11.1. The lowest BCUT2D eigenvalue weighted by atomic mass is 9.97. The second-order valence-electron chi connectivity index (χ2n) is 7.29. The van der Waals surface area contributed by atoms with Crippen LogP contribution < -0.4 is 5.63 Å².